The van der Waals surface area contributed by atoms with Gasteiger partial charge in [0.1, 0.15) is 5.82 Å². The van der Waals surface area contributed by atoms with Gasteiger partial charge in [0.25, 0.3) is 0 Å². The zero-order valence-electron chi connectivity index (χ0n) is 8.13. The third kappa shape index (κ3) is 4.59. The van der Waals surface area contributed by atoms with Gasteiger partial charge < -0.3 is 0 Å². The molecule has 15 heavy (non-hydrogen) atoms. The van der Waals surface area contributed by atoms with E-state index >= 15 is 0 Å². The molecule has 0 spiro atoms. The summed E-state index contributed by atoms with van der Waals surface area (Å²) < 4.78 is 36.6. The number of hydrogen-bond donors (Lipinski definition) is 1. The van der Waals surface area contributed by atoms with Crippen molar-refractivity contribution in [3.8, 4) is 0 Å². The van der Waals surface area contributed by atoms with E-state index in [4.69, 9.17) is 11.6 Å². The van der Waals surface area contributed by atoms with Crippen LogP contribution in [0.15, 0.2) is 18.2 Å². The number of benzene rings is 1. The highest BCUT2D eigenvalue weighted by Gasteiger charge is 2.03. The van der Waals surface area contributed by atoms with Crippen LogP contribution in [0.3, 0.4) is 0 Å². The topological polar surface area (TPSA) is 46.2 Å². The highest BCUT2D eigenvalue weighted by atomic mass is 35.5. The summed E-state index contributed by atoms with van der Waals surface area (Å²) in [5.74, 6) is -0.475. The number of sulfonamides is 1. The lowest BCUT2D eigenvalue weighted by molar-refractivity contribution is 0.587. The average Bonchev–Trinajstić information content (AvgIpc) is 2.09. The summed E-state index contributed by atoms with van der Waals surface area (Å²) in [6, 6.07) is 4.32. The molecule has 0 heterocycles. The first-order chi connectivity index (χ1) is 6.88. The van der Waals surface area contributed by atoms with Gasteiger partial charge in [0, 0.05) is 6.54 Å². The zero-order chi connectivity index (χ0) is 11.5. The summed E-state index contributed by atoms with van der Waals surface area (Å²) in [5, 5.41) is 0.0480. The zero-order valence-corrected chi connectivity index (χ0v) is 9.70. The molecule has 84 valence electrons. The highest BCUT2D eigenvalue weighted by Crippen LogP contribution is 2.15. The van der Waals surface area contributed by atoms with Crippen molar-refractivity contribution < 1.29 is 12.8 Å². The summed E-state index contributed by atoms with van der Waals surface area (Å²) in [6.45, 7) is 0.279. The van der Waals surface area contributed by atoms with Gasteiger partial charge in [-0.25, -0.2) is 17.5 Å². The molecule has 0 saturated heterocycles. The standard InChI is InChI=1S/C9H11ClFNO2S/c1-15(13,14)12-5-4-7-2-3-9(11)8(10)6-7/h2-3,6,12H,4-5H2,1H3. The van der Waals surface area contributed by atoms with E-state index in [1.54, 1.807) is 6.07 Å². The largest absolute Gasteiger partial charge is 0.215 e. The van der Waals surface area contributed by atoms with Crippen LogP contribution in [0.1, 0.15) is 5.56 Å². The molecule has 0 radical (unpaired) electrons. The average molecular weight is 252 g/mol. The molecule has 0 fully saturated rings. The molecule has 0 amide bonds. The summed E-state index contributed by atoms with van der Waals surface area (Å²) >= 11 is 5.57. The van der Waals surface area contributed by atoms with Gasteiger partial charge >= 0.3 is 0 Å². The molecule has 1 aromatic rings. The van der Waals surface area contributed by atoms with Gasteiger partial charge in [0.15, 0.2) is 0 Å². The molecule has 0 aromatic heterocycles. The first kappa shape index (κ1) is 12.4. The Balaban J connectivity index is 2.55. The maximum Gasteiger partial charge on any atom is 0.208 e. The first-order valence-corrected chi connectivity index (χ1v) is 6.54. The van der Waals surface area contributed by atoms with Crippen LogP contribution in [0.25, 0.3) is 0 Å². The lowest BCUT2D eigenvalue weighted by Gasteiger charge is -2.03. The maximum absolute atomic E-state index is 12.8. The van der Waals surface area contributed by atoms with E-state index in [9.17, 15) is 12.8 Å². The highest BCUT2D eigenvalue weighted by molar-refractivity contribution is 7.88. The quantitative estimate of drug-likeness (QED) is 0.883. The van der Waals surface area contributed by atoms with E-state index < -0.39 is 15.8 Å². The van der Waals surface area contributed by atoms with Crippen LogP contribution in [-0.2, 0) is 16.4 Å². The molecule has 0 aliphatic rings. The molecule has 6 heteroatoms. The normalized spacial score (nSPS) is 11.7. The van der Waals surface area contributed by atoms with Crippen molar-refractivity contribution in [2.45, 2.75) is 6.42 Å². The van der Waals surface area contributed by atoms with Crippen LogP contribution in [0.5, 0.6) is 0 Å². The van der Waals surface area contributed by atoms with Gasteiger partial charge in [0.05, 0.1) is 11.3 Å². The van der Waals surface area contributed by atoms with Crippen molar-refractivity contribution in [3.63, 3.8) is 0 Å². The van der Waals surface area contributed by atoms with E-state index in [2.05, 4.69) is 4.72 Å². The van der Waals surface area contributed by atoms with Crippen LogP contribution < -0.4 is 4.72 Å². The molecule has 0 atom stereocenters. The number of halogens is 2. The Morgan fingerprint density at radius 2 is 2.13 bits per heavy atom. The molecule has 1 aromatic carbocycles. The number of hydrogen-bond acceptors (Lipinski definition) is 2. The molecule has 0 unspecified atom stereocenters. The van der Waals surface area contributed by atoms with Crippen LogP contribution in [-0.4, -0.2) is 21.2 Å². The fourth-order valence-corrected chi connectivity index (χ4v) is 1.75. The molecular formula is C9H11ClFNO2S. The smallest absolute Gasteiger partial charge is 0.208 e. The number of nitrogens with one attached hydrogen (secondary N) is 1. The third-order valence-corrected chi connectivity index (χ3v) is 2.78. The minimum Gasteiger partial charge on any atom is -0.215 e. The van der Waals surface area contributed by atoms with Gasteiger partial charge in [-0.2, -0.15) is 0 Å². The second-order valence-electron chi connectivity index (χ2n) is 3.16. The summed E-state index contributed by atoms with van der Waals surface area (Å²) in [4.78, 5) is 0. The third-order valence-electron chi connectivity index (χ3n) is 1.76. The Morgan fingerprint density at radius 3 is 2.67 bits per heavy atom. The van der Waals surface area contributed by atoms with E-state index in [0.717, 1.165) is 11.8 Å². The fourth-order valence-electron chi connectivity index (χ4n) is 1.08. The second kappa shape index (κ2) is 4.92. The Hall–Kier alpha value is -0.650. The van der Waals surface area contributed by atoms with Gasteiger partial charge in [0.2, 0.25) is 10.0 Å². The van der Waals surface area contributed by atoms with Gasteiger partial charge in [-0.05, 0) is 24.1 Å². The van der Waals surface area contributed by atoms with E-state index in [-0.39, 0.29) is 11.6 Å². The van der Waals surface area contributed by atoms with E-state index in [1.165, 1.54) is 12.1 Å². The Morgan fingerprint density at radius 1 is 1.47 bits per heavy atom. The van der Waals surface area contributed by atoms with E-state index in [0.29, 0.717) is 6.42 Å². The van der Waals surface area contributed by atoms with Crippen LogP contribution >= 0.6 is 11.6 Å². The van der Waals surface area contributed by atoms with Crippen molar-refractivity contribution in [2.75, 3.05) is 12.8 Å². The Kier molecular flexibility index (Phi) is 4.07. The van der Waals surface area contributed by atoms with Gasteiger partial charge in [-0.3, -0.25) is 0 Å². The minimum atomic E-state index is -3.17. The molecule has 0 saturated carbocycles. The van der Waals surface area contributed by atoms with Gasteiger partial charge in [-0.15, -0.1) is 0 Å². The molecule has 0 bridgehead atoms. The van der Waals surface area contributed by atoms with Crippen molar-refractivity contribution in [3.05, 3.63) is 34.6 Å². The predicted octanol–water partition coefficient (Wildman–Crippen LogP) is 1.57. The predicted molar refractivity (Wildman–Crippen MR) is 58.0 cm³/mol. The SMILES string of the molecule is CS(=O)(=O)NCCc1ccc(F)c(Cl)c1. The lowest BCUT2D eigenvalue weighted by atomic mass is 10.1. The fraction of sp³-hybridized carbons (Fsp3) is 0.333. The summed E-state index contributed by atoms with van der Waals surface area (Å²) in [7, 11) is -3.17. The van der Waals surface area contributed by atoms with Crippen LogP contribution in [0, 0.1) is 5.82 Å². The maximum atomic E-state index is 12.8. The Labute approximate surface area is 93.3 Å². The molecule has 3 nitrogen and oxygen atoms in total. The lowest BCUT2D eigenvalue weighted by Crippen LogP contribution is -2.24. The number of rotatable bonds is 4. The minimum absolute atomic E-state index is 0.0480. The van der Waals surface area contributed by atoms with Crippen molar-refractivity contribution in [1.82, 2.24) is 4.72 Å². The van der Waals surface area contributed by atoms with Crippen LogP contribution in [0.4, 0.5) is 4.39 Å². The molecular weight excluding hydrogens is 241 g/mol. The summed E-state index contributed by atoms with van der Waals surface area (Å²) in [5.41, 5.74) is 0.789. The molecule has 0 aliphatic carbocycles. The molecule has 1 N–H and O–H groups in total. The first-order valence-electron chi connectivity index (χ1n) is 4.27. The van der Waals surface area contributed by atoms with Gasteiger partial charge in [-0.1, -0.05) is 17.7 Å². The van der Waals surface area contributed by atoms with Crippen molar-refractivity contribution in [1.29, 1.82) is 0 Å². The van der Waals surface area contributed by atoms with Crippen molar-refractivity contribution >= 4 is 21.6 Å². The molecule has 1 rings (SSSR count). The Bertz CT molecular complexity index is 447. The van der Waals surface area contributed by atoms with E-state index in [1.807, 2.05) is 0 Å². The monoisotopic (exact) mass is 251 g/mol. The second-order valence-corrected chi connectivity index (χ2v) is 5.41. The molecule has 0 aliphatic heterocycles. The van der Waals surface area contributed by atoms with Crippen LogP contribution in [0.2, 0.25) is 5.02 Å². The van der Waals surface area contributed by atoms with Crippen molar-refractivity contribution in [2.24, 2.45) is 0 Å². The summed E-state index contributed by atoms with van der Waals surface area (Å²) in [6.07, 6.45) is 1.57.